The van der Waals surface area contributed by atoms with Crippen LogP contribution in [0.1, 0.15) is 13.8 Å². The minimum Gasteiger partial charge on any atom is -0.510 e. The number of Topliss-reactive ketones (excluding diaryl/α,β-unsaturated/α-hetero) is 1. The number of para-hydroxylation sites is 1. The summed E-state index contributed by atoms with van der Waals surface area (Å²) in [4.78, 5) is 12.5. The number of benzene rings is 3. The zero-order chi connectivity index (χ0) is 19.7. The van der Waals surface area contributed by atoms with Gasteiger partial charge >= 0.3 is 0 Å². The predicted molar refractivity (Wildman–Crippen MR) is 115 cm³/mol. The van der Waals surface area contributed by atoms with Gasteiger partial charge in [-0.05, 0) is 24.1 Å². The van der Waals surface area contributed by atoms with Gasteiger partial charge in [0.25, 0.3) is 0 Å². The van der Waals surface area contributed by atoms with Gasteiger partial charge in [-0.2, -0.15) is 0 Å². The first-order valence-corrected chi connectivity index (χ1v) is 9.25. The van der Waals surface area contributed by atoms with Gasteiger partial charge in [-0.3, -0.25) is 4.79 Å². The Morgan fingerprint density at radius 2 is 1.29 bits per heavy atom. The smallest absolute Gasteiger partial charge is 0.179 e. The summed E-state index contributed by atoms with van der Waals surface area (Å²) in [5.74, 6) is -0.178. The van der Waals surface area contributed by atoms with Crippen molar-refractivity contribution in [2.75, 3.05) is 0 Å². The first kappa shape index (κ1) is 17.8. The zero-order valence-electron chi connectivity index (χ0n) is 15.9. The Kier molecular flexibility index (Phi) is 4.58. The molecule has 1 aromatic heterocycles. The van der Waals surface area contributed by atoms with Gasteiger partial charge in [0.15, 0.2) is 5.78 Å². The number of hydrogen-bond donors (Lipinski definition) is 1. The molecule has 138 valence electrons. The van der Waals surface area contributed by atoms with E-state index < -0.39 is 0 Å². The number of hydrogen-bond acceptors (Lipinski definition) is 2. The van der Waals surface area contributed by atoms with Crippen LogP contribution in [0, 0.1) is 0 Å². The number of ketones is 1. The molecule has 1 N–H and O–H groups in total. The highest BCUT2D eigenvalue weighted by atomic mass is 16.3. The minimum atomic E-state index is -0.183. The van der Waals surface area contributed by atoms with E-state index in [0.717, 1.165) is 33.3 Å². The van der Waals surface area contributed by atoms with Crippen molar-refractivity contribution >= 4 is 22.4 Å². The lowest BCUT2D eigenvalue weighted by Gasteiger charge is -2.15. The Morgan fingerprint density at radius 1 is 0.750 bits per heavy atom. The lowest BCUT2D eigenvalue weighted by atomic mass is 9.98. The van der Waals surface area contributed by atoms with Gasteiger partial charge in [-0.1, -0.05) is 78.9 Å². The molecule has 0 unspecified atom stereocenters. The van der Waals surface area contributed by atoms with E-state index in [-0.39, 0.29) is 17.2 Å². The molecule has 3 aromatic carbocycles. The third-order valence-corrected chi connectivity index (χ3v) is 4.88. The van der Waals surface area contributed by atoms with Gasteiger partial charge in [0.1, 0.15) is 11.5 Å². The van der Waals surface area contributed by atoms with Crippen molar-refractivity contribution in [1.29, 1.82) is 0 Å². The molecule has 0 atom stereocenters. The molecule has 1 heterocycles. The summed E-state index contributed by atoms with van der Waals surface area (Å²) in [6.45, 7) is 3.04. The lowest BCUT2D eigenvalue weighted by molar-refractivity contribution is -0.112. The zero-order valence-corrected chi connectivity index (χ0v) is 15.9. The summed E-state index contributed by atoms with van der Waals surface area (Å²) in [6.07, 6.45) is 0. The lowest BCUT2D eigenvalue weighted by Crippen LogP contribution is -2.09. The van der Waals surface area contributed by atoms with Gasteiger partial charge in [0.2, 0.25) is 0 Å². The van der Waals surface area contributed by atoms with Crippen LogP contribution in [-0.2, 0) is 4.79 Å². The first-order chi connectivity index (χ1) is 13.6. The average molecular weight is 367 g/mol. The van der Waals surface area contributed by atoms with Crippen molar-refractivity contribution < 1.29 is 9.90 Å². The minimum absolute atomic E-state index is 0.00467. The molecule has 0 spiro atoms. The fourth-order valence-corrected chi connectivity index (χ4v) is 3.81. The van der Waals surface area contributed by atoms with E-state index in [1.165, 1.54) is 6.92 Å². The van der Waals surface area contributed by atoms with Crippen LogP contribution >= 0.6 is 0 Å². The number of carbonyl (C=O) groups is 1. The van der Waals surface area contributed by atoms with Crippen LogP contribution in [0.4, 0.5) is 0 Å². The molecule has 0 amide bonds. The number of aromatic nitrogens is 1. The summed E-state index contributed by atoms with van der Waals surface area (Å²) in [7, 11) is 0. The summed E-state index contributed by atoms with van der Waals surface area (Å²) in [5.41, 5.74) is 5.16. The van der Waals surface area contributed by atoms with Gasteiger partial charge in [0, 0.05) is 17.9 Å². The normalized spacial score (nSPS) is 12.1. The number of carbonyl (C=O) groups excluding carboxylic acids is 1. The van der Waals surface area contributed by atoms with E-state index in [1.807, 2.05) is 71.3 Å². The predicted octanol–water partition coefficient (Wildman–Crippen LogP) is 6.31. The number of fused-ring (bicyclic) bond motifs is 1. The summed E-state index contributed by atoms with van der Waals surface area (Å²) in [6, 6.07) is 28.1. The van der Waals surface area contributed by atoms with Gasteiger partial charge in [-0.25, -0.2) is 0 Å². The molecule has 0 saturated carbocycles. The van der Waals surface area contributed by atoms with Crippen molar-refractivity contribution in [2.45, 2.75) is 13.8 Å². The molecule has 0 saturated heterocycles. The SMILES string of the molecule is CC(=O)/C(=C(\C)O)n1c(-c2ccccc2)c(-c2ccccc2)c2ccccc21. The molecule has 4 aromatic rings. The topological polar surface area (TPSA) is 42.2 Å². The first-order valence-electron chi connectivity index (χ1n) is 9.25. The van der Waals surface area contributed by atoms with Crippen LogP contribution in [0.15, 0.2) is 90.7 Å². The quantitative estimate of drug-likeness (QED) is 0.339. The van der Waals surface area contributed by atoms with E-state index in [2.05, 4.69) is 18.2 Å². The van der Waals surface area contributed by atoms with E-state index in [1.54, 1.807) is 6.92 Å². The van der Waals surface area contributed by atoms with Crippen molar-refractivity contribution in [2.24, 2.45) is 0 Å². The maximum absolute atomic E-state index is 12.5. The molecule has 0 aliphatic rings. The average Bonchev–Trinajstić information content (AvgIpc) is 3.04. The van der Waals surface area contributed by atoms with Crippen LogP contribution in [-0.4, -0.2) is 15.5 Å². The van der Waals surface area contributed by atoms with Gasteiger partial charge in [-0.15, -0.1) is 0 Å². The fraction of sp³-hybridized carbons (Fsp3) is 0.0800. The standard InChI is InChI=1S/C25H21NO2/c1-17(27)24(18(2)28)26-22-16-10-9-15-21(22)23(19-11-5-3-6-12-19)25(26)20-13-7-4-8-14-20/h3-16,27H,1-2H3/b24-17-. The Balaban J connectivity index is 2.24. The maximum Gasteiger partial charge on any atom is 0.179 e. The van der Waals surface area contributed by atoms with Gasteiger partial charge < -0.3 is 9.67 Å². The Morgan fingerprint density at radius 3 is 1.86 bits per heavy atom. The molecule has 28 heavy (non-hydrogen) atoms. The molecule has 0 fully saturated rings. The molecule has 0 aliphatic carbocycles. The highest BCUT2D eigenvalue weighted by Gasteiger charge is 2.24. The summed E-state index contributed by atoms with van der Waals surface area (Å²) >= 11 is 0. The van der Waals surface area contributed by atoms with E-state index in [9.17, 15) is 9.90 Å². The Bertz CT molecular complexity index is 1180. The number of aliphatic hydroxyl groups is 1. The highest BCUT2D eigenvalue weighted by molar-refractivity contribution is 6.19. The number of allylic oxidation sites excluding steroid dienone is 2. The molecule has 0 bridgehead atoms. The Hall–Kier alpha value is -3.59. The van der Waals surface area contributed by atoms with E-state index in [0.29, 0.717) is 0 Å². The Labute approximate surface area is 164 Å². The van der Waals surface area contributed by atoms with Crippen molar-refractivity contribution in [3.05, 3.63) is 90.7 Å². The van der Waals surface area contributed by atoms with Gasteiger partial charge in [0.05, 0.1) is 11.2 Å². The molecule has 3 nitrogen and oxygen atoms in total. The molecule has 0 aliphatic heterocycles. The van der Waals surface area contributed by atoms with Crippen LogP contribution in [0.2, 0.25) is 0 Å². The molecule has 0 radical (unpaired) electrons. The summed E-state index contributed by atoms with van der Waals surface area (Å²) < 4.78 is 1.89. The van der Waals surface area contributed by atoms with Crippen molar-refractivity contribution in [1.82, 2.24) is 4.57 Å². The van der Waals surface area contributed by atoms with Crippen LogP contribution in [0.25, 0.3) is 39.0 Å². The van der Waals surface area contributed by atoms with E-state index in [4.69, 9.17) is 0 Å². The van der Waals surface area contributed by atoms with Crippen LogP contribution in [0.3, 0.4) is 0 Å². The highest BCUT2D eigenvalue weighted by Crippen LogP contribution is 2.42. The molecule has 3 heteroatoms. The number of rotatable bonds is 4. The monoisotopic (exact) mass is 367 g/mol. The molecular weight excluding hydrogens is 346 g/mol. The van der Waals surface area contributed by atoms with E-state index >= 15 is 0 Å². The van der Waals surface area contributed by atoms with Crippen molar-refractivity contribution in [3.8, 4) is 22.4 Å². The second-order valence-electron chi connectivity index (χ2n) is 6.80. The molecular formula is C25H21NO2. The largest absolute Gasteiger partial charge is 0.510 e. The van der Waals surface area contributed by atoms with Crippen LogP contribution < -0.4 is 0 Å². The van der Waals surface area contributed by atoms with Crippen molar-refractivity contribution in [3.63, 3.8) is 0 Å². The summed E-state index contributed by atoms with van der Waals surface area (Å²) in [5, 5.41) is 11.4. The fourth-order valence-electron chi connectivity index (χ4n) is 3.81. The second-order valence-corrected chi connectivity index (χ2v) is 6.80. The number of aliphatic hydroxyl groups excluding tert-OH is 1. The third-order valence-electron chi connectivity index (χ3n) is 4.88. The van der Waals surface area contributed by atoms with Crippen LogP contribution in [0.5, 0.6) is 0 Å². The molecule has 4 rings (SSSR count). The number of nitrogens with zero attached hydrogens (tertiary/aromatic N) is 1. The third kappa shape index (κ3) is 2.91. The maximum atomic E-state index is 12.5. The second kappa shape index (κ2) is 7.20.